The molecule has 0 aliphatic carbocycles. The SMILES string of the molecule is CCOc1cc(C=NNC(=O)CSc2nnc(-c3ccc(Br)cc3)n2-c2ccccc2)ccc1O. The number of para-hydroxylation sites is 1. The summed E-state index contributed by atoms with van der Waals surface area (Å²) in [7, 11) is 0. The summed E-state index contributed by atoms with van der Waals surface area (Å²) in [6.07, 6.45) is 1.49. The van der Waals surface area contributed by atoms with E-state index in [0.29, 0.717) is 28.9 Å². The third kappa shape index (κ3) is 6.28. The van der Waals surface area contributed by atoms with Crippen molar-refractivity contribution in [1.82, 2.24) is 20.2 Å². The highest BCUT2D eigenvalue weighted by atomic mass is 79.9. The number of carbonyl (C=O) groups excluding carboxylic acids is 1. The van der Waals surface area contributed by atoms with E-state index in [-0.39, 0.29) is 17.4 Å². The molecule has 4 aromatic rings. The number of halogens is 1. The Balaban J connectivity index is 1.46. The summed E-state index contributed by atoms with van der Waals surface area (Å²) in [6, 6.07) is 22.4. The van der Waals surface area contributed by atoms with E-state index in [2.05, 4.69) is 36.7 Å². The van der Waals surface area contributed by atoms with E-state index in [1.54, 1.807) is 12.1 Å². The number of amides is 1. The number of nitrogens with zero attached hydrogens (tertiary/aromatic N) is 4. The van der Waals surface area contributed by atoms with Gasteiger partial charge in [-0.3, -0.25) is 9.36 Å². The lowest BCUT2D eigenvalue weighted by Crippen LogP contribution is -2.20. The predicted molar refractivity (Wildman–Crippen MR) is 140 cm³/mol. The maximum atomic E-state index is 12.4. The number of nitrogens with one attached hydrogen (secondary N) is 1. The highest BCUT2D eigenvalue weighted by Gasteiger charge is 2.17. The number of phenols is 1. The van der Waals surface area contributed by atoms with Gasteiger partial charge in [0, 0.05) is 15.7 Å². The molecule has 1 amide bonds. The first-order valence-corrected chi connectivity index (χ1v) is 12.5. The number of thioether (sulfide) groups is 1. The molecular weight excluding hydrogens is 530 g/mol. The van der Waals surface area contributed by atoms with Crippen LogP contribution in [-0.2, 0) is 4.79 Å². The van der Waals surface area contributed by atoms with Gasteiger partial charge >= 0.3 is 0 Å². The lowest BCUT2D eigenvalue weighted by atomic mass is 10.2. The van der Waals surface area contributed by atoms with E-state index in [4.69, 9.17) is 4.74 Å². The smallest absolute Gasteiger partial charge is 0.250 e. The normalized spacial score (nSPS) is 11.0. The number of hydrazone groups is 1. The minimum Gasteiger partial charge on any atom is -0.504 e. The Morgan fingerprint density at radius 2 is 1.91 bits per heavy atom. The van der Waals surface area contributed by atoms with Crippen molar-refractivity contribution in [3.8, 4) is 28.6 Å². The van der Waals surface area contributed by atoms with E-state index in [0.717, 1.165) is 15.7 Å². The van der Waals surface area contributed by atoms with Crippen molar-refractivity contribution in [2.45, 2.75) is 12.1 Å². The summed E-state index contributed by atoms with van der Waals surface area (Å²) in [5.41, 5.74) is 5.00. The standard InChI is InChI=1S/C25H22BrN5O3S/c1-2-34-22-14-17(8-13-21(22)32)15-27-28-23(33)16-35-25-30-29-24(18-9-11-19(26)12-10-18)31(25)20-6-4-3-5-7-20/h3-15,32H,2,16H2,1H3,(H,28,33). The number of ether oxygens (including phenoxy) is 1. The largest absolute Gasteiger partial charge is 0.504 e. The second-order valence-electron chi connectivity index (χ2n) is 7.23. The van der Waals surface area contributed by atoms with Crippen LogP contribution in [0.15, 0.2) is 87.5 Å². The molecule has 0 atom stereocenters. The monoisotopic (exact) mass is 551 g/mol. The predicted octanol–water partition coefficient (Wildman–Crippen LogP) is 5.04. The summed E-state index contributed by atoms with van der Waals surface area (Å²) in [5.74, 6) is 0.905. The molecule has 10 heteroatoms. The van der Waals surface area contributed by atoms with Gasteiger partial charge in [0.25, 0.3) is 5.91 Å². The van der Waals surface area contributed by atoms with Crippen LogP contribution in [0.1, 0.15) is 12.5 Å². The van der Waals surface area contributed by atoms with Gasteiger partial charge in [0.1, 0.15) is 0 Å². The summed E-state index contributed by atoms with van der Waals surface area (Å²) in [6.45, 7) is 2.26. The Bertz CT molecular complexity index is 1330. The zero-order chi connectivity index (χ0) is 24.6. The summed E-state index contributed by atoms with van der Waals surface area (Å²) in [5, 5.41) is 23.1. The van der Waals surface area contributed by atoms with Gasteiger partial charge in [0.05, 0.1) is 18.6 Å². The molecule has 0 radical (unpaired) electrons. The molecule has 0 fully saturated rings. The van der Waals surface area contributed by atoms with E-state index >= 15 is 0 Å². The molecule has 0 bridgehead atoms. The first-order chi connectivity index (χ1) is 17.0. The molecular formula is C25H22BrN5O3S. The molecule has 0 aliphatic rings. The van der Waals surface area contributed by atoms with Gasteiger partial charge in [-0.05, 0) is 55.0 Å². The van der Waals surface area contributed by atoms with Crippen LogP contribution < -0.4 is 10.2 Å². The van der Waals surface area contributed by atoms with Crippen molar-refractivity contribution in [3.63, 3.8) is 0 Å². The second kappa shape index (κ2) is 11.7. The van der Waals surface area contributed by atoms with Gasteiger partial charge in [-0.25, -0.2) is 5.43 Å². The number of aromatic hydroxyl groups is 1. The quantitative estimate of drug-likeness (QED) is 0.171. The Morgan fingerprint density at radius 1 is 1.14 bits per heavy atom. The average molecular weight is 552 g/mol. The van der Waals surface area contributed by atoms with Crippen LogP contribution in [0.2, 0.25) is 0 Å². The molecule has 0 saturated heterocycles. The van der Waals surface area contributed by atoms with Gasteiger partial charge < -0.3 is 9.84 Å². The molecule has 1 aromatic heterocycles. The van der Waals surface area contributed by atoms with Crippen LogP contribution in [0.4, 0.5) is 0 Å². The van der Waals surface area contributed by atoms with Crippen LogP contribution in [0, 0.1) is 0 Å². The van der Waals surface area contributed by atoms with Crippen LogP contribution in [0.3, 0.4) is 0 Å². The third-order valence-corrected chi connectivity index (χ3v) is 6.23. The molecule has 2 N–H and O–H groups in total. The van der Waals surface area contributed by atoms with Gasteiger partial charge in [0.15, 0.2) is 22.5 Å². The van der Waals surface area contributed by atoms with Crippen molar-refractivity contribution in [3.05, 3.63) is 82.8 Å². The molecule has 35 heavy (non-hydrogen) atoms. The van der Waals surface area contributed by atoms with E-state index < -0.39 is 0 Å². The van der Waals surface area contributed by atoms with Crippen LogP contribution in [0.25, 0.3) is 17.1 Å². The van der Waals surface area contributed by atoms with E-state index in [9.17, 15) is 9.90 Å². The van der Waals surface area contributed by atoms with Crippen LogP contribution in [-0.4, -0.2) is 44.4 Å². The van der Waals surface area contributed by atoms with Gasteiger partial charge in [-0.15, -0.1) is 10.2 Å². The number of rotatable bonds is 9. The molecule has 1 heterocycles. The number of phenolic OH excluding ortho intramolecular Hbond substituents is 1. The maximum Gasteiger partial charge on any atom is 0.250 e. The summed E-state index contributed by atoms with van der Waals surface area (Å²) < 4.78 is 8.26. The Labute approximate surface area is 215 Å². The first kappa shape index (κ1) is 24.5. The van der Waals surface area contributed by atoms with Gasteiger partial charge in [-0.1, -0.05) is 58.0 Å². The molecule has 0 unspecified atom stereocenters. The number of hydrogen-bond donors (Lipinski definition) is 2. The molecule has 178 valence electrons. The second-order valence-corrected chi connectivity index (χ2v) is 9.08. The minimum absolute atomic E-state index is 0.0504. The van der Waals surface area contributed by atoms with Crippen LogP contribution in [0.5, 0.6) is 11.5 Å². The number of hydrogen-bond acceptors (Lipinski definition) is 7. The first-order valence-electron chi connectivity index (χ1n) is 10.7. The molecule has 8 nitrogen and oxygen atoms in total. The zero-order valence-corrected chi connectivity index (χ0v) is 21.2. The maximum absolute atomic E-state index is 12.4. The third-order valence-electron chi connectivity index (χ3n) is 4.77. The topological polar surface area (TPSA) is 102 Å². The Hall–Kier alpha value is -3.63. The van der Waals surface area contributed by atoms with E-state index in [1.807, 2.05) is 66.1 Å². The fourth-order valence-electron chi connectivity index (χ4n) is 3.18. The highest BCUT2D eigenvalue weighted by Crippen LogP contribution is 2.29. The van der Waals surface area contributed by atoms with E-state index in [1.165, 1.54) is 24.0 Å². The van der Waals surface area contributed by atoms with Gasteiger partial charge in [0.2, 0.25) is 0 Å². The summed E-state index contributed by atoms with van der Waals surface area (Å²) >= 11 is 4.72. The lowest BCUT2D eigenvalue weighted by Gasteiger charge is -2.10. The number of aromatic nitrogens is 3. The zero-order valence-electron chi connectivity index (χ0n) is 18.8. The van der Waals surface area contributed by atoms with Crippen molar-refractivity contribution in [2.24, 2.45) is 5.10 Å². The minimum atomic E-state index is -0.289. The number of carbonyl (C=O) groups is 1. The lowest BCUT2D eigenvalue weighted by molar-refractivity contribution is -0.118. The molecule has 0 saturated carbocycles. The fraction of sp³-hybridized carbons (Fsp3) is 0.120. The van der Waals surface area contributed by atoms with Crippen molar-refractivity contribution in [1.29, 1.82) is 0 Å². The summed E-state index contributed by atoms with van der Waals surface area (Å²) in [4.78, 5) is 12.4. The van der Waals surface area contributed by atoms with Crippen molar-refractivity contribution in [2.75, 3.05) is 12.4 Å². The number of benzene rings is 3. The van der Waals surface area contributed by atoms with Crippen molar-refractivity contribution < 1.29 is 14.6 Å². The van der Waals surface area contributed by atoms with Crippen LogP contribution >= 0.6 is 27.7 Å². The average Bonchev–Trinajstić information content (AvgIpc) is 3.30. The molecule has 0 spiro atoms. The Morgan fingerprint density at radius 3 is 2.66 bits per heavy atom. The Kier molecular flexibility index (Phi) is 8.17. The van der Waals surface area contributed by atoms with Crippen molar-refractivity contribution >= 4 is 39.8 Å². The highest BCUT2D eigenvalue weighted by molar-refractivity contribution is 9.10. The fourth-order valence-corrected chi connectivity index (χ4v) is 4.19. The molecule has 0 aliphatic heterocycles. The molecule has 3 aromatic carbocycles. The van der Waals surface area contributed by atoms with Gasteiger partial charge in [-0.2, -0.15) is 5.10 Å². The molecule has 4 rings (SSSR count).